The highest BCUT2D eigenvalue weighted by Gasteiger charge is 2.26. The first-order chi connectivity index (χ1) is 12.3. The summed E-state index contributed by atoms with van der Waals surface area (Å²) in [7, 11) is 1.77. The molecular weight excluding hydrogens is 310 g/mol. The number of hydrogen-bond donors (Lipinski definition) is 1. The maximum Gasteiger partial charge on any atom is 0.124 e. The van der Waals surface area contributed by atoms with Gasteiger partial charge in [-0.2, -0.15) is 0 Å². The zero-order chi connectivity index (χ0) is 17.2. The first kappa shape index (κ1) is 16.2. The van der Waals surface area contributed by atoms with Crippen LogP contribution in [0.15, 0.2) is 42.9 Å². The molecule has 4 rings (SSSR count). The predicted octanol–water partition coefficient (Wildman–Crippen LogP) is 4.61. The fourth-order valence-corrected chi connectivity index (χ4v) is 4.13. The number of aromatic amines is 1. The van der Waals surface area contributed by atoms with E-state index in [-0.39, 0.29) is 0 Å². The molecule has 3 aromatic rings. The molecule has 1 unspecified atom stereocenters. The van der Waals surface area contributed by atoms with Gasteiger partial charge >= 0.3 is 0 Å². The molecule has 0 bridgehead atoms. The smallest absolute Gasteiger partial charge is 0.124 e. The second kappa shape index (κ2) is 6.89. The Bertz CT molecular complexity index is 856. The molecule has 1 aliphatic heterocycles. The number of rotatable bonds is 4. The van der Waals surface area contributed by atoms with E-state index < -0.39 is 0 Å². The van der Waals surface area contributed by atoms with Crippen molar-refractivity contribution in [3.8, 4) is 5.75 Å². The molecular formula is C21H25N3O. The van der Waals surface area contributed by atoms with Crippen LogP contribution in [0, 0.1) is 6.92 Å². The van der Waals surface area contributed by atoms with E-state index in [0.29, 0.717) is 6.04 Å². The Morgan fingerprint density at radius 1 is 1.24 bits per heavy atom. The van der Waals surface area contributed by atoms with Gasteiger partial charge in [0.25, 0.3) is 0 Å². The number of nitrogens with one attached hydrogen (secondary N) is 1. The Hall–Kier alpha value is -2.33. The zero-order valence-electron chi connectivity index (χ0n) is 15.0. The average molecular weight is 335 g/mol. The Labute approximate surface area is 148 Å². The minimum atomic E-state index is 0.455. The van der Waals surface area contributed by atoms with Crippen LogP contribution in [0.3, 0.4) is 0 Å². The molecule has 1 fully saturated rings. The number of nitrogens with zero attached hydrogens (tertiary/aromatic N) is 2. The SMILES string of the molecule is COc1cc(C)c2[nH]ccc2c1CN1CCCCC1c1ccncc1. The van der Waals surface area contributed by atoms with Gasteiger partial charge in [-0.3, -0.25) is 9.88 Å². The van der Waals surface area contributed by atoms with Crippen molar-refractivity contribution in [2.75, 3.05) is 13.7 Å². The first-order valence-electron chi connectivity index (χ1n) is 9.05. The quantitative estimate of drug-likeness (QED) is 0.757. The van der Waals surface area contributed by atoms with Crippen LogP contribution >= 0.6 is 0 Å². The number of pyridine rings is 1. The second-order valence-corrected chi connectivity index (χ2v) is 6.90. The minimum Gasteiger partial charge on any atom is -0.496 e. The number of aromatic nitrogens is 2. The van der Waals surface area contributed by atoms with Gasteiger partial charge < -0.3 is 9.72 Å². The predicted molar refractivity (Wildman–Crippen MR) is 101 cm³/mol. The van der Waals surface area contributed by atoms with Crippen LogP contribution in [0.1, 0.15) is 42.0 Å². The fourth-order valence-electron chi connectivity index (χ4n) is 4.13. The highest BCUT2D eigenvalue weighted by Crippen LogP contribution is 2.36. The van der Waals surface area contributed by atoms with Gasteiger partial charge in [-0.25, -0.2) is 0 Å². The Kier molecular flexibility index (Phi) is 4.45. The van der Waals surface area contributed by atoms with Gasteiger partial charge in [0.2, 0.25) is 0 Å². The van der Waals surface area contributed by atoms with Crippen LogP contribution in [-0.2, 0) is 6.54 Å². The average Bonchev–Trinajstić information content (AvgIpc) is 3.15. The van der Waals surface area contributed by atoms with E-state index in [9.17, 15) is 0 Å². The molecule has 0 spiro atoms. The Morgan fingerprint density at radius 3 is 2.88 bits per heavy atom. The number of fused-ring (bicyclic) bond motifs is 1. The molecule has 130 valence electrons. The number of piperidine rings is 1. The van der Waals surface area contributed by atoms with Crippen LogP contribution in [0.25, 0.3) is 10.9 Å². The van der Waals surface area contributed by atoms with Gasteiger partial charge in [0.05, 0.1) is 7.11 Å². The maximum absolute atomic E-state index is 5.74. The van der Waals surface area contributed by atoms with Crippen molar-refractivity contribution in [2.45, 2.75) is 38.8 Å². The summed E-state index contributed by atoms with van der Waals surface area (Å²) >= 11 is 0. The van der Waals surface area contributed by atoms with E-state index in [1.165, 1.54) is 46.9 Å². The van der Waals surface area contributed by atoms with Crippen LogP contribution in [0.5, 0.6) is 5.75 Å². The van der Waals surface area contributed by atoms with Crippen LogP contribution in [-0.4, -0.2) is 28.5 Å². The molecule has 4 heteroatoms. The van der Waals surface area contributed by atoms with Crippen molar-refractivity contribution in [1.82, 2.24) is 14.9 Å². The van der Waals surface area contributed by atoms with Crippen molar-refractivity contribution in [2.24, 2.45) is 0 Å². The molecule has 4 nitrogen and oxygen atoms in total. The van der Waals surface area contributed by atoms with E-state index in [4.69, 9.17) is 4.74 Å². The van der Waals surface area contributed by atoms with Gasteiger partial charge in [0.1, 0.15) is 5.75 Å². The highest BCUT2D eigenvalue weighted by atomic mass is 16.5. The lowest BCUT2D eigenvalue weighted by atomic mass is 9.94. The third-order valence-electron chi connectivity index (χ3n) is 5.40. The van der Waals surface area contributed by atoms with E-state index in [2.05, 4.69) is 46.1 Å². The lowest BCUT2D eigenvalue weighted by molar-refractivity contribution is 0.139. The van der Waals surface area contributed by atoms with Crippen molar-refractivity contribution in [1.29, 1.82) is 0 Å². The van der Waals surface area contributed by atoms with E-state index in [0.717, 1.165) is 18.8 Å². The van der Waals surface area contributed by atoms with Crippen LogP contribution in [0.2, 0.25) is 0 Å². The van der Waals surface area contributed by atoms with Gasteiger partial charge in [-0.1, -0.05) is 6.42 Å². The number of benzene rings is 1. The summed E-state index contributed by atoms with van der Waals surface area (Å²) in [5.41, 5.74) is 5.09. The molecule has 1 aliphatic rings. The molecule has 1 N–H and O–H groups in total. The Balaban J connectivity index is 1.72. The molecule has 1 aromatic carbocycles. The molecule has 0 radical (unpaired) electrons. The van der Waals surface area contributed by atoms with Crippen LogP contribution in [0.4, 0.5) is 0 Å². The monoisotopic (exact) mass is 335 g/mol. The molecule has 1 atom stereocenters. The van der Waals surface area contributed by atoms with Gasteiger partial charge in [-0.05, 0) is 61.7 Å². The second-order valence-electron chi connectivity index (χ2n) is 6.90. The molecule has 3 heterocycles. The summed E-state index contributed by atoms with van der Waals surface area (Å²) < 4.78 is 5.74. The number of aryl methyl sites for hydroxylation is 1. The standard InChI is InChI=1S/C21H25N3O/c1-15-13-20(25-2)18(17-8-11-23-21(15)17)14-24-12-4-3-5-19(24)16-6-9-22-10-7-16/h6-11,13,19,23H,3-5,12,14H2,1-2H3. The number of H-pyrrole nitrogens is 1. The van der Waals surface area contributed by atoms with Crippen molar-refractivity contribution >= 4 is 10.9 Å². The van der Waals surface area contributed by atoms with Crippen molar-refractivity contribution in [3.05, 3.63) is 59.5 Å². The maximum atomic E-state index is 5.74. The topological polar surface area (TPSA) is 41.1 Å². The molecule has 25 heavy (non-hydrogen) atoms. The molecule has 0 amide bonds. The normalized spacial score (nSPS) is 18.6. The fraction of sp³-hybridized carbons (Fsp3) is 0.381. The summed E-state index contributed by atoms with van der Waals surface area (Å²) in [6.07, 6.45) is 9.57. The van der Waals surface area contributed by atoms with E-state index >= 15 is 0 Å². The molecule has 0 saturated carbocycles. The van der Waals surface area contributed by atoms with Crippen molar-refractivity contribution < 1.29 is 4.74 Å². The lowest BCUT2D eigenvalue weighted by Gasteiger charge is -2.36. The summed E-state index contributed by atoms with van der Waals surface area (Å²) in [6.45, 7) is 4.16. The number of likely N-dealkylation sites (tertiary alicyclic amines) is 1. The van der Waals surface area contributed by atoms with E-state index in [1.807, 2.05) is 18.6 Å². The first-order valence-corrected chi connectivity index (χ1v) is 9.05. The summed E-state index contributed by atoms with van der Waals surface area (Å²) in [4.78, 5) is 10.2. The summed E-state index contributed by atoms with van der Waals surface area (Å²) in [5, 5.41) is 1.27. The summed E-state index contributed by atoms with van der Waals surface area (Å²) in [6, 6.07) is 9.09. The van der Waals surface area contributed by atoms with Gasteiger partial charge in [-0.15, -0.1) is 0 Å². The number of methoxy groups -OCH3 is 1. The zero-order valence-corrected chi connectivity index (χ0v) is 15.0. The molecule has 2 aromatic heterocycles. The van der Waals surface area contributed by atoms with Crippen LogP contribution < -0.4 is 4.74 Å². The number of hydrogen-bond acceptors (Lipinski definition) is 3. The van der Waals surface area contributed by atoms with Crippen molar-refractivity contribution in [3.63, 3.8) is 0 Å². The third kappa shape index (κ3) is 3.02. The Morgan fingerprint density at radius 2 is 2.08 bits per heavy atom. The van der Waals surface area contributed by atoms with Gasteiger partial charge in [0, 0.05) is 47.6 Å². The highest BCUT2D eigenvalue weighted by molar-refractivity contribution is 5.88. The molecule has 1 saturated heterocycles. The largest absolute Gasteiger partial charge is 0.496 e. The number of ether oxygens (including phenoxy) is 1. The third-order valence-corrected chi connectivity index (χ3v) is 5.40. The minimum absolute atomic E-state index is 0.455. The van der Waals surface area contributed by atoms with E-state index in [1.54, 1.807) is 7.11 Å². The molecule has 0 aliphatic carbocycles. The summed E-state index contributed by atoms with van der Waals surface area (Å²) in [5.74, 6) is 0.989. The van der Waals surface area contributed by atoms with Gasteiger partial charge in [0.15, 0.2) is 0 Å². The lowest BCUT2D eigenvalue weighted by Crippen LogP contribution is -2.33.